The number of hydrogen-bond acceptors (Lipinski definition) is 2. The second kappa shape index (κ2) is 8.41. The van der Waals surface area contributed by atoms with E-state index in [1.54, 1.807) is 0 Å². The van der Waals surface area contributed by atoms with Crippen LogP contribution in [0, 0.1) is 0 Å². The van der Waals surface area contributed by atoms with Gasteiger partial charge in [-0.1, -0.05) is 0 Å². The Bertz CT molecular complexity index is 138. The van der Waals surface area contributed by atoms with E-state index in [0.717, 1.165) is 32.4 Å². The molecular formula is C7H17Cl2N3O. The normalized spacial score (nSPS) is 21.7. The van der Waals surface area contributed by atoms with Gasteiger partial charge in [-0.3, -0.25) is 0 Å². The fraction of sp³-hybridized carbons (Fsp3) is 0.857. The smallest absolute Gasteiger partial charge is 0.312 e. The predicted octanol–water partition coefficient (Wildman–Crippen LogP) is 0.640. The minimum atomic E-state index is -0.406. The number of nitrogens with one attached hydrogen (secondary N) is 2. The standard InChI is InChI=1S/C7H15N3O.2ClH/c8-7(11)10-6-2-1-4-9-5-3-6;;/h6,9H,1-5H2,(H3,8,10,11);2*1H. The number of urea groups is 1. The first-order valence-electron chi connectivity index (χ1n) is 4.06. The molecule has 4 N–H and O–H groups in total. The van der Waals surface area contributed by atoms with Crippen molar-refractivity contribution in [3.63, 3.8) is 0 Å². The molecule has 0 radical (unpaired) electrons. The van der Waals surface area contributed by atoms with Crippen molar-refractivity contribution in [2.75, 3.05) is 13.1 Å². The van der Waals surface area contributed by atoms with Gasteiger partial charge < -0.3 is 16.4 Å². The van der Waals surface area contributed by atoms with Crippen molar-refractivity contribution in [3.8, 4) is 0 Å². The first kappa shape index (κ1) is 15.3. The summed E-state index contributed by atoms with van der Waals surface area (Å²) >= 11 is 0. The number of amides is 2. The Balaban J connectivity index is 0. The SMILES string of the molecule is Cl.Cl.NC(=O)NC1CCCNCC1. The van der Waals surface area contributed by atoms with Crippen LogP contribution in [0.1, 0.15) is 19.3 Å². The Morgan fingerprint density at radius 1 is 1.31 bits per heavy atom. The van der Waals surface area contributed by atoms with Crippen LogP contribution in [0.15, 0.2) is 0 Å². The summed E-state index contributed by atoms with van der Waals surface area (Å²) in [6, 6.07) is -0.126. The molecule has 0 bridgehead atoms. The lowest BCUT2D eigenvalue weighted by Crippen LogP contribution is -2.38. The molecule has 1 fully saturated rings. The molecule has 2 amide bonds. The first-order chi connectivity index (χ1) is 5.29. The molecule has 1 aliphatic heterocycles. The molecule has 0 aromatic heterocycles. The number of rotatable bonds is 1. The number of primary amides is 1. The van der Waals surface area contributed by atoms with E-state index in [9.17, 15) is 4.79 Å². The molecule has 1 saturated heterocycles. The van der Waals surface area contributed by atoms with Crippen molar-refractivity contribution in [3.05, 3.63) is 0 Å². The topological polar surface area (TPSA) is 67.2 Å². The maximum absolute atomic E-state index is 10.5. The average Bonchev–Trinajstić information content (AvgIpc) is 2.14. The molecule has 1 unspecified atom stereocenters. The summed E-state index contributed by atoms with van der Waals surface area (Å²) in [5.74, 6) is 0. The van der Waals surface area contributed by atoms with Crippen LogP contribution in [0.25, 0.3) is 0 Å². The van der Waals surface area contributed by atoms with Gasteiger partial charge in [0.25, 0.3) is 0 Å². The van der Waals surface area contributed by atoms with Crippen molar-refractivity contribution in [2.45, 2.75) is 25.3 Å². The monoisotopic (exact) mass is 229 g/mol. The third kappa shape index (κ3) is 6.93. The fourth-order valence-electron chi connectivity index (χ4n) is 1.36. The van der Waals surface area contributed by atoms with Crippen LogP contribution in [0.3, 0.4) is 0 Å². The second-order valence-electron chi connectivity index (χ2n) is 2.89. The zero-order chi connectivity index (χ0) is 8.10. The molecule has 0 spiro atoms. The van der Waals surface area contributed by atoms with Crippen LogP contribution in [0.4, 0.5) is 4.79 Å². The number of nitrogens with two attached hydrogens (primary N) is 1. The van der Waals surface area contributed by atoms with E-state index >= 15 is 0 Å². The van der Waals surface area contributed by atoms with Crippen LogP contribution in [0.2, 0.25) is 0 Å². The van der Waals surface area contributed by atoms with E-state index < -0.39 is 6.03 Å². The number of carbonyl (C=O) groups is 1. The maximum Gasteiger partial charge on any atom is 0.312 e. The largest absolute Gasteiger partial charge is 0.352 e. The minimum absolute atomic E-state index is 0. The van der Waals surface area contributed by atoms with Gasteiger partial charge in [0.15, 0.2) is 0 Å². The van der Waals surface area contributed by atoms with E-state index in [4.69, 9.17) is 5.73 Å². The molecule has 0 aromatic rings. The lowest BCUT2D eigenvalue weighted by atomic mass is 10.1. The predicted molar refractivity (Wildman–Crippen MR) is 57.7 cm³/mol. The molecule has 1 heterocycles. The molecule has 0 aromatic carbocycles. The van der Waals surface area contributed by atoms with E-state index in [0.29, 0.717) is 0 Å². The number of carbonyl (C=O) groups excluding carboxylic acids is 1. The highest BCUT2D eigenvalue weighted by Gasteiger charge is 2.11. The fourth-order valence-corrected chi connectivity index (χ4v) is 1.36. The van der Waals surface area contributed by atoms with Crippen molar-refractivity contribution in [2.24, 2.45) is 5.73 Å². The summed E-state index contributed by atoms with van der Waals surface area (Å²) < 4.78 is 0. The van der Waals surface area contributed by atoms with Gasteiger partial charge in [-0.25, -0.2) is 4.79 Å². The Kier molecular flexibility index (Phi) is 9.89. The van der Waals surface area contributed by atoms with Crippen molar-refractivity contribution in [1.29, 1.82) is 0 Å². The van der Waals surface area contributed by atoms with Crippen LogP contribution in [0.5, 0.6) is 0 Å². The van der Waals surface area contributed by atoms with Crippen LogP contribution < -0.4 is 16.4 Å². The molecule has 0 saturated carbocycles. The van der Waals surface area contributed by atoms with Crippen molar-refractivity contribution in [1.82, 2.24) is 10.6 Å². The molecule has 6 heteroatoms. The zero-order valence-corrected chi connectivity index (χ0v) is 9.05. The van der Waals surface area contributed by atoms with E-state index in [-0.39, 0.29) is 30.9 Å². The Morgan fingerprint density at radius 2 is 2.00 bits per heavy atom. The summed E-state index contributed by atoms with van der Waals surface area (Å²) in [5.41, 5.74) is 5.00. The zero-order valence-electron chi connectivity index (χ0n) is 7.41. The first-order valence-corrected chi connectivity index (χ1v) is 4.06. The Labute approximate surface area is 90.8 Å². The Hall–Kier alpha value is -0.190. The van der Waals surface area contributed by atoms with E-state index in [1.165, 1.54) is 0 Å². The van der Waals surface area contributed by atoms with Gasteiger partial charge in [-0.15, -0.1) is 24.8 Å². The van der Waals surface area contributed by atoms with Gasteiger partial charge >= 0.3 is 6.03 Å². The molecule has 13 heavy (non-hydrogen) atoms. The average molecular weight is 230 g/mol. The molecular weight excluding hydrogens is 213 g/mol. The van der Waals surface area contributed by atoms with Gasteiger partial charge in [0.05, 0.1) is 0 Å². The van der Waals surface area contributed by atoms with Gasteiger partial charge in [-0.2, -0.15) is 0 Å². The van der Waals surface area contributed by atoms with Crippen LogP contribution in [-0.2, 0) is 0 Å². The highest BCUT2D eigenvalue weighted by atomic mass is 35.5. The number of halogens is 2. The minimum Gasteiger partial charge on any atom is -0.352 e. The van der Waals surface area contributed by atoms with E-state index in [1.807, 2.05) is 0 Å². The lowest BCUT2D eigenvalue weighted by molar-refractivity contribution is 0.244. The summed E-state index contributed by atoms with van der Waals surface area (Å²) in [6.45, 7) is 2.03. The summed E-state index contributed by atoms with van der Waals surface area (Å²) in [7, 11) is 0. The van der Waals surface area contributed by atoms with Crippen LogP contribution in [-0.4, -0.2) is 25.2 Å². The maximum atomic E-state index is 10.5. The molecule has 1 aliphatic rings. The van der Waals surface area contributed by atoms with E-state index in [2.05, 4.69) is 10.6 Å². The van der Waals surface area contributed by atoms with Crippen molar-refractivity contribution < 1.29 is 4.79 Å². The van der Waals surface area contributed by atoms with Gasteiger partial charge in [-0.05, 0) is 32.4 Å². The highest BCUT2D eigenvalue weighted by molar-refractivity contribution is 5.85. The van der Waals surface area contributed by atoms with Crippen molar-refractivity contribution >= 4 is 30.8 Å². The molecule has 0 aliphatic carbocycles. The molecule has 1 atom stereocenters. The van der Waals surface area contributed by atoms with Gasteiger partial charge in [0, 0.05) is 6.04 Å². The van der Waals surface area contributed by atoms with Gasteiger partial charge in [0.1, 0.15) is 0 Å². The number of hydrogen-bond donors (Lipinski definition) is 3. The Morgan fingerprint density at radius 3 is 2.62 bits per heavy atom. The second-order valence-corrected chi connectivity index (χ2v) is 2.89. The third-order valence-corrected chi connectivity index (χ3v) is 1.92. The third-order valence-electron chi connectivity index (χ3n) is 1.92. The highest BCUT2D eigenvalue weighted by Crippen LogP contribution is 2.03. The van der Waals surface area contributed by atoms with Gasteiger partial charge in [0.2, 0.25) is 0 Å². The molecule has 1 rings (SSSR count). The summed E-state index contributed by atoms with van der Waals surface area (Å²) in [4.78, 5) is 10.5. The molecule has 80 valence electrons. The summed E-state index contributed by atoms with van der Waals surface area (Å²) in [6.07, 6.45) is 3.14. The lowest BCUT2D eigenvalue weighted by Gasteiger charge is -2.13. The summed E-state index contributed by atoms with van der Waals surface area (Å²) in [5, 5.41) is 5.98. The molecule has 4 nitrogen and oxygen atoms in total. The quantitative estimate of drug-likeness (QED) is 0.618. The van der Waals surface area contributed by atoms with Crippen LogP contribution >= 0.6 is 24.8 Å².